The minimum Gasteiger partial charge on any atom is -0.248 e. The molecule has 50 valence electrons. The zero-order valence-corrected chi connectivity index (χ0v) is 5.19. The second-order valence-corrected chi connectivity index (χ2v) is 1.50. The van der Waals surface area contributed by atoms with Gasteiger partial charge in [0.2, 0.25) is 0 Å². The van der Waals surface area contributed by atoms with Gasteiger partial charge in [-0.05, 0) is 0 Å². The zero-order valence-electron chi connectivity index (χ0n) is 5.19. The van der Waals surface area contributed by atoms with Crippen molar-refractivity contribution in [2.45, 2.75) is 20.4 Å². The van der Waals surface area contributed by atoms with Gasteiger partial charge in [-0.25, -0.2) is 4.90 Å². The normalized spacial score (nSPS) is 11.2. The van der Waals surface area contributed by atoms with Gasteiger partial charge >= 0.3 is 0 Å². The number of hydrogen-bond donors (Lipinski definition) is 0. The van der Waals surface area contributed by atoms with Crippen LogP contribution in [-0.2, 0) is 0 Å². The predicted molar refractivity (Wildman–Crippen MR) is 28.9 cm³/mol. The van der Waals surface area contributed by atoms with Crippen LogP contribution >= 0.6 is 0 Å². The Morgan fingerprint density at radius 3 is 1.62 bits per heavy atom. The Morgan fingerprint density at radius 2 is 1.62 bits per heavy atom. The molecule has 0 unspecified atom stereocenters. The molecule has 3 heteroatoms. The van der Waals surface area contributed by atoms with Crippen LogP contribution in [0.2, 0.25) is 0 Å². The number of alkyl halides is 2. The smallest absolute Gasteiger partial charge is 0.248 e. The van der Waals surface area contributed by atoms with E-state index in [4.69, 9.17) is 0 Å². The molecule has 0 saturated heterocycles. The minimum absolute atomic E-state index is 0.425. The highest BCUT2D eigenvalue weighted by atomic mass is 19.3. The van der Waals surface area contributed by atoms with E-state index in [9.17, 15) is 8.78 Å². The Hall–Kier alpha value is -0.180. The van der Waals surface area contributed by atoms with Gasteiger partial charge in [0.15, 0.2) is 0 Å². The number of rotatable bonds is 3. The first-order valence-corrected chi connectivity index (χ1v) is 2.74. The molecule has 0 aliphatic heterocycles. The summed E-state index contributed by atoms with van der Waals surface area (Å²) in [5.74, 6) is 0. The molecule has 0 aromatic rings. The molecule has 0 N–H and O–H groups in total. The number of hydrogen-bond acceptors (Lipinski definition) is 1. The van der Waals surface area contributed by atoms with Crippen molar-refractivity contribution < 1.29 is 8.78 Å². The van der Waals surface area contributed by atoms with Crippen molar-refractivity contribution in [1.82, 2.24) is 4.90 Å². The highest BCUT2D eigenvalue weighted by molar-refractivity contribution is 4.45. The van der Waals surface area contributed by atoms with Gasteiger partial charge in [-0.3, -0.25) is 0 Å². The Morgan fingerprint density at radius 1 is 1.25 bits per heavy atom. The van der Waals surface area contributed by atoms with Crippen molar-refractivity contribution in [2.24, 2.45) is 0 Å². The largest absolute Gasteiger partial charge is 0.294 e. The van der Waals surface area contributed by atoms with Crippen LogP contribution in [0.1, 0.15) is 13.8 Å². The summed E-state index contributed by atoms with van der Waals surface area (Å²) >= 11 is 0. The zero-order chi connectivity index (χ0) is 6.57. The first kappa shape index (κ1) is 7.82. The van der Waals surface area contributed by atoms with Crippen molar-refractivity contribution in [3.63, 3.8) is 0 Å². The molecule has 0 rings (SSSR count). The lowest BCUT2D eigenvalue weighted by Gasteiger charge is -2.15. The first-order valence-electron chi connectivity index (χ1n) is 2.74. The van der Waals surface area contributed by atoms with Crippen LogP contribution in [0.15, 0.2) is 0 Å². The Kier molecular flexibility index (Phi) is 3.69. The summed E-state index contributed by atoms with van der Waals surface area (Å²) in [5.41, 5.74) is 0. The lowest BCUT2D eigenvalue weighted by molar-refractivity contribution is -0.0200. The fraction of sp³-hybridized carbons (Fsp3) is 1.00. The summed E-state index contributed by atoms with van der Waals surface area (Å²) in [4.78, 5) is 1.08. The van der Waals surface area contributed by atoms with Crippen LogP contribution in [0.5, 0.6) is 0 Å². The van der Waals surface area contributed by atoms with E-state index in [0.717, 1.165) is 4.90 Å². The maximum atomic E-state index is 11.6. The van der Waals surface area contributed by atoms with Crippen LogP contribution in [0, 0.1) is 0 Å². The third kappa shape index (κ3) is 2.21. The van der Waals surface area contributed by atoms with Crippen LogP contribution in [0.25, 0.3) is 0 Å². The van der Waals surface area contributed by atoms with Crippen molar-refractivity contribution >= 4 is 0 Å². The molecular formula is C5H11F2N. The SMILES string of the molecule is CCN(CC)C(F)F. The Labute approximate surface area is 48.3 Å². The molecule has 0 amide bonds. The van der Waals surface area contributed by atoms with Gasteiger partial charge < -0.3 is 0 Å². The van der Waals surface area contributed by atoms with Crippen LogP contribution < -0.4 is 0 Å². The van der Waals surface area contributed by atoms with Crippen LogP contribution in [0.4, 0.5) is 8.78 Å². The maximum Gasteiger partial charge on any atom is 0.294 e. The van der Waals surface area contributed by atoms with Gasteiger partial charge in [-0.1, -0.05) is 13.8 Å². The number of nitrogens with zero attached hydrogens (tertiary/aromatic N) is 1. The minimum atomic E-state index is -2.29. The molecule has 0 aromatic heterocycles. The molecule has 0 heterocycles. The van der Waals surface area contributed by atoms with E-state index in [1.807, 2.05) is 0 Å². The van der Waals surface area contributed by atoms with Gasteiger partial charge in [0.05, 0.1) is 0 Å². The van der Waals surface area contributed by atoms with Gasteiger partial charge in [0, 0.05) is 13.1 Å². The van der Waals surface area contributed by atoms with Gasteiger partial charge in [-0.2, -0.15) is 8.78 Å². The average Bonchev–Trinajstić information content (AvgIpc) is 1.69. The van der Waals surface area contributed by atoms with Crippen LogP contribution in [0.3, 0.4) is 0 Å². The molecule has 0 atom stereocenters. The predicted octanol–water partition coefficient (Wildman–Crippen LogP) is 1.55. The summed E-state index contributed by atoms with van der Waals surface area (Å²) in [5, 5.41) is 0. The molecule has 0 saturated carbocycles. The van der Waals surface area contributed by atoms with Gasteiger partial charge in [0.25, 0.3) is 6.55 Å². The van der Waals surface area contributed by atoms with E-state index < -0.39 is 6.55 Å². The number of halogens is 2. The van der Waals surface area contributed by atoms with E-state index >= 15 is 0 Å². The molecule has 0 aliphatic carbocycles. The Balaban J connectivity index is 3.35. The quantitative estimate of drug-likeness (QED) is 0.514. The first-order chi connectivity index (χ1) is 3.72. The Bertz CT molecular complexity index is 52.4. The fourth-order valence-electron chi connectivity index (χ4n) is 0.500. The second-order valence-electron chi connectivity index (χ2n) is 1.50. The van der Waals surface area contributed by atoms with E-state index in [0.29, 0.717) is 13.1 Å². The van der Waals surface area contributed by atoms with Crippen molar-refractivity contribution in [3.8, 4) is 0 Å². The monoisotopic (exact) mass is 123 g/mol. The molecule has 0 spiro atoms. The molecule has 0 fully saturated rings. The molecule has 0 bridgehead atoms. The highest BCUT2D eigenvalue weighted by Gasteiger charge is 2.09. The molecule has 0 aromatic carbocycles. The lowest BCUT2D eigenvalue weighted by atomic mass is 10.6. The van der Waals surface area contributed by atoms with E-state index in [-0.39, 0.29) is 0 Å². The fourth-order valence-corrected chi connectivity index (χ4v) is 0.500. The van der Waals surface area contributed by atoms with E-state index in [2.05, 4.69) is 0 Å². The van der Waals surface area contributed by atoms with Crippen LogP contribution in [-0.4, -0.2) is 24.5 Å². The summed E-state index contributed by atoms with van der Waals surface area (Å²) in [6.07, 6.45) is 0. The van der Waals surface area contributed by atoms with Gasteiger partial charge in [0.1, 0.15) is 0 Å². The standard InChI is InChI=1S/C5H11F2N/c1-3-8(4-2)5(6)7/h5H,3-4H2,1-2H3. The third-order valence-corrected chi connectivity index (χ3v) is 1.09. The maximum absolute atomic E-state index is 11.6. The van der Waals surface area contributed by atoms with E-state index in [1.54, 1.807) is 13.8 Å². The topological polar surface area (TPSA) is 3.24 Å². The van der Waals surface area contributed by atoms with Crippen molar-refractivity contribution in [2.75, 3.05) is 13.1 Å². The van der Waals surface area contributed by atoms with Crippen molar-refractivity contribution in [3.05, 3.63) is 0 Å². The summed E-state index contributed by atoms with van der Waals surface area (Å²) in [6.45, 7) is 2.00. The third-order valence-electron chi connectivity index (χ3n) is 1.09. The highest BCUT2D eigenvalue weighted by Crippen LogP contribution is 1.99. The van der Waals surface area contributed by atoms with E-state index in [1.165, 1.54) is 0 Å². The molecular weight excluding hydrogens is 112 g/mol. The lowest BCUT2D eigenvalue weighted by Crippen LogP contribution is -2.28. The molecule has 0 aliphatic rings. The summed E-state index contributed by atoms with van der Waals surface area (Å²) < 4.78 is 23.3. The summed E-state index contributed by atoms with van der Waals surface area (Å²) in [6, 6.07) is 0. The molecule has 8 heavy (non-hydrogen) atoms. The molecule has 1 nitrogen and oxygen atoms in total. The van der Waals surface area contributed by atoms with Gasteiger partial charge in [-0.15, -0.1) is 0 Å². The molecule has 0 radical (unpaired) electrons. The van der Waals surface area contributed by atoms with Crippen molar-refractivity contribution in [1.29, 1.82) is 0 Å². The summed E-state index contributed by atoms with van der Waals surface area (Å²) in [7, 11) is 0. The average molecular weight is 123 g/mol. The second kappa shape index (κ2) is 3.78.